The van der Waals surface area contributed by atoms with E-state index in [-0.39, 0.29) is 28.6 Å². The van der Waals surface area contributed by atoms with Gasteiger partial charge in [0.05, 0.1) is 11.7 Å². The van der Waals surface area contributed by atoms with Crippen molar-refractivity contribution in [3.63, 3.8) is 0 Å². The summed E-state index contributed by atoms with van der Waals surface area (Å²) in [7, 11) is 0. The van der Waals surface area contributed by atoms with Crippen LogP contribution in [0.15, 0.2) is 6.07 Å². The molecule has 5 rings (SSSR count). The molecule has 2 aliphatic carbocycles. The highest BCUT2D eigenvalue weighted by Crippen LogP contribution is 2.67. The minimum Gasteiger partial charge on any atom is -0.508 e. The summed E-state index contributed by atoms with van der Waals surface area (Å²) in [5.74, 6) is 1.46. The lowest BCUT2D eigenvalue weighted by Crippen LogP contribution is -2.66. The molecule has 28 heavy (non-hydrogen) atoms. The number of aliphatic hydroxyl groups excluding tert-OH is 1. The average Bonchev–Trinajstić information content (AvgIpc) is 3.20. The standard InChI is InChI=1S/C23H31NO4/c1-12-5-6-17-21(2,3)18(26)7-8-22(17,4)23(12)10-14-16(25)9-13-15(19(14)28-23)11-24-20(13)27/h9,12,17-18,25-26H,5-8,10-11H2,1-4H3,(H,24,27)/t12-,17-,18+,22-,23-/m0/s1. The van der Waals surface area contributed by atoms with Gasteiger partial charge in [-0.15, -0.1) is 0 Å². The van der Waals surface area contributed by atoms with Crippen LogP contribution >= 0.6 is 0 Å². The largest absolute Gasteiger partial charge is 0.508 e. The first-order chi connectivity index (χ1) is 13.1. The van der Waals surface area contributed by atoms with E-state index in [0.717, 1.165) is 42.6 Å². The molecule has 152 valence electrons. The number of carbonyl (C=O) groups is 1. The van der Waals surface area contributed by atoms with Gasteiger partial charge in [0.1, 0.15) is 17.1 Å². The van der Waals surface area contributed by atoms with Gasteiger partial charge >= 0.3 is 0 Å². The second-order valence-electron chi connectivity index (χ2n) is 10.4. The van der Waals surface area contributed by atoms with Gasteiger partial charge in [0.15, 0.2) is 0 Å². The van der Waals surface area contributed by atoms with E-state index >= 15 is 0 Å². The van der Waals surface area contributed by atoms with Gasteiger partial charge in [-0.2, -0.15) is 0 Å². The quantitative estimate of drug-likeness (QED) is 0.638. The van der Waals surface area contributed by atoms with Gasteiger partial charge in [-0.25, -0.2) is 0 Å². The third-order valence-corrected chi connectivity index (χ3v) is 8.97. The van der Waals surface area contributed by atoms with Crippen molar-refractivity contribution in [3.05, 3.63) is 22.8 Å². The van der Waals surface area contributed by atoms with Gasteiger partial charge in [0.25, 0.3) is 5.91 Å². The molecule has 0 unspecified atom stereocenters. The van der Waals surface area contributed by atoms with Gasteiger partial charge < -0.3 is 20.3 Å². The second kappa shape index (κ2) is 5.44. The van der Waals surface area contributed by atoms with Crippen LogP contribution in [0.25, 0.3) is 0 Å². The molecule has 3 N–H and O–H groups in total. The molecule has 1 spiro atoms. The summed E-state index contributed by atoms with van der Waals surface area (Å²) in [4.78, 5) is 12.2. The predicted octanol–water partition coefficient (Wildman–Crippen LogP) is 3.54. The summed E-state index contributed by atoms with van der Waals surface area (Å²) in [5.41, 5.74) is 1.61. The van der Waals surface area contributed by atoms with Crippen LogP contribution < -0.4 is 10.1 Å². The van der Waals surface area contributed by atoms with Gasteiger partial charge in [-0.1, -0.05) is 27.7 Å². The number of nitrogens with one attached hydrogen (secondary N) is 1. The number of rotatable bonds is 0. The zero-order valence-corrected chi connectivity index (χ0v) is 17.3. The van der Waals surface area contributed by atoms with E-state index < -0.39 is 5.60 Å². The molecule has 1 amide bonds. The molecule has 1 aromatic carbocycles. The van der Waals surface area contributed by atoms with Crippen molar-refractivity contribution >= 4 is 5.91 Å². The van der Waals surface area contributed by atoms with E-state index in [0.29, 0.717) is 30.4 Å². The number of hydrogen-bond donors (Lipinski definition) is 3. The number of phenolic OH excluding ortho intramolecular Hbond substituents is 1. The Bertz CT molecular complexity index is 878. The number of amides is 1. The van der Waals surface area contributed by atoms with Crippen molar-refractivity contribution < 1.29 is 19.7 Å². The molecular weight excluding hydrogens is 354 g/mol. The van der Waals surface area contributed by atoms with Crippen LogP contribution in [-0.2, 0) is 13.0 Å². The number of phenols is 1. The first kappa shape index (κ1) is 18.3. The molecule has 5 heteroatoms. The fourth-order valence-electron chi connectivity index (χ4n) is 7.19. The normalized spacial score (nSPS) is 40.5. The Labute approximate surface area is 166 Å². The van der Waals surface area contributed by atoms with Crippen LogP contribution in [0, 0.1) is 22.7 Å². The van der Waals surface area contributed by atoms with Crippen LogP contribution in [0.1, 0.15) is 74.9 Å². The van der Waals surface area contributed by atoms with Crippen molar-refractivity contribution in [1.82, 2.24) is 5.32 Å². The van der Waals surface area contributed by atoms with Crippen LogP contribution in [0.4, 0.5) is 0 Å². The summed E-state index contributed by atoms with van der Waals surface area (Å²) >= 11 is 0. The Morgan fingerprint density at radius 2 is 1.93 bits per heavy atom. The number of benzene rings is 1. The molecular formula is C23H31NO4. The maximum absolute atomic E-state index is 12.2. The van der Waals surface area contributed by atoms with Gasteiger partial charge in [-0.3, -0.25) is 4.79 Å². The van der Waals surface area contributed by atoms with Crippen molar-refractivity contribution in [2.45, 2.75) is 78.0 Å². The smallest absolute Gasteiger partial charge is 0.252 e. The minimum atomic E-state index is -0.409. The van der Waals surface area contributed by atoms with E-state index in [1.165, 1.54) is 0 Å². The van der Waals surface area contributed by atoms with E-state index in [1.807, 2.05) is 0 Å². The molecule has 2 fully saturated rings. The van der Waals surface area contributed by atoms with E-state index in [2.05, 4.69) is 33.0 Å². The summed E-state index contributed by atoms with van der Waals surface area (Å²) < 4.78 is 6.89. The van der Waals surface area contributed by atoms with E-state index in [4.69, 9.17) is 4.74 Å². The van der Waals surface area contributed by atoms with Crippen molar-refractivity contribution in [1.29, 1.82) is 0 Å². The summed E-state index contributed by atoms with van der Waals surface area (Å²) in [6.07, 6.45) is 4.21. The summed E-state index contributed by atoms with van der Waals surface area (Å²) in [6, 6.07) is 1.61. The monoisotopic (exact) mass is 385 g/mol. The maximum atomic E-state index is 12.2. The zero-order valence-electron chi connectivity index (χ0n) is 17.3. The number of hydrogen-bond acceptors (Lipinski definition) is 4. The zero-order chi connectivity index (χ0) is 20.1. The number of aliphatic hydroxyl groups is 1. The molecule has 0 bridgehead atoms. The van der Waals surface area contributed by atoms with Crippen LogP contribution in [0.3, 0.4) is 0 Å². The molecule has 2 saturated carbocycles. The molecule has 2 aliphatic heterocycles. The van der Waals surface area contributed by atoms with Crippen molar-refractivity contribution in [2.75, 3.05) is 0 Å². The van der Waals surface area contributed by atoms with Crippen LogP contribution in [0.5, 0.6) is 11.5 Å². The number of ether oxygens (including phenoxy) is 1. The maximum Gasteiger partial charge on any atom is 0.252 e. The lowest BCUT2D eigenvalue weighted by molar-refractivity contribution is -0.210. The van der Waals surface area contributed by atoms with Crippen LogP contribution in [-0.4, -0.2) is 27.8 Å². The number of fused-ring (bicyclic) bond motifs is 5. The lowest BCUT2D eigenvalue weighted by Gasteiger charge is -2.64. The highest BCUT2D eigenvalue weighted by molar-refractivity contribution is 6.00. The van der Waals surface area contributed by atoms with Gasteiger partial charge in [0.2, 0.25) is 0 Å². The molecule has 4 aliphatic rings. The first-order valence-corrected chi connectivity index (χ1v) is 10.6. The second-order valence-corrected chi connectivity index (χ2v) is 10.4. The highest BCUT2D eigenvalue weighted by atomic mass is 16.5. The van der Waals surface area contributed by atoms with Crippen molar-refractivity contribution in [3.8, 4) is 11.5 Å². The van der Waals surface area contributed by atoms with Crippen LogP contribution in [0.2, 0.25) is 0 Å². The summed E-state index contributed by atoms with van der Waals surface area (Å²) in [5, 5.41) is 24.3. The van der Waals surface area contributed by atoms with Gasteiger partial charge in [0, 0.05) is 29.5 Å². The predicted molar refractivity (Wildman–Crippen MR) is 105 cm³/mol. The lowest BCUT2D eigenvalue weighted by atomic mass is 9.43. The Morgan fingerprint density at radius 1 is 1.18 bits per heavy atom. The van der Waals surface area contributed by atoms with Crippen molar-refractivity contribution in [2.24, 2.45) is 22.7 Å². The Balaban J connectivity index is 1.65. The first-order valence-electron chi connectivity index (χ1n) is 10.6. The third-order valence-electron chi connectivity index (χ3n) is 8.97. The fraction of sp³-hybridized carbons (Fsp3) is 0.696. The highest BCUT2D eigenvalue weighted by Gasteiger charge is 2.67. The number of carbonyl (C=O) groups excluding carboxylic acids is 1. The Hall–Kier alpha value is -1.75. The molecule has 1 aromatic rings. The number of aromatic hydroxyl groups is 1. The topological polar surface area (TPSA) is 78.8 Å². The Kier molecular flexibility index (Phi) is 3.55. The molecule has 2 heterocycles. The summed E-state index contributed by atoms with van der Waals surface area (Å²) in [6.45, 7) is 9.47. The average molecular weight is 386 g/mol. The molecule has 0 radical (unpaired) electrons. The van der Waals surface area contributed by atoms with E-state index in [1.54, 1.807) is 6.07 Å². The molecule has 5 nitrogen and oxygen atoms in total. The molecule has 5 atom stereocenters. The Morgan fingerprint density at radius 3 is 2.68 bits per heavy atom. The van der Waals surface area contributed by atoms with Gasteiger partial charge in [-0.05, 0) is 49.0 Å². The molecule has 0 saturated heterocycles. The third kappa shape index (κ3) is 1.99. The molecule has 0 aromatic heterocycles. The van der Waals surface area contributed by atoms with E-state index in [9.17, 15) is 15.0 Å². The SMILES string of the molecule is C[C@H]1CC[C@H]2C(C)(C)[C@H](O)CC[C@]2(C)[C@]12Cc1c(O)cc3c(c1O2)CNC3=O. The fourth-order valence-corrected chi connectivity index (χ4v) is 7.19. The minimum absolute atomic E-state index is 0.0955.